The molecule has 1 saturated carbocycles. The molecule has 1 aliphatic carbocycles. The molecule has 0 spiro atoms. The summed E-state index contributed by atoms with van der Waals surface area (Å²) < 4.78 is 0. The highest BCUT2D eigenvalue weighted by atomic mass is 17.4. The first-order valence-electron chi connectivity index (χ1n) is 10.5. The Kier molecular flexibility index (Phi) is 5.15. The molecule has 2 heterocycles. The normalized spacial score (nSPS) is 24.1. The molecule has 3 fully saturated rings. The summed E-state index contributed by atoms with van der Waals surface area (Å²) in [6.45, 7) is 15.5. The van der Waals surface area contributed by atoms with E-state index < -0.39 is 39.7 Å². The minimum Gasteiger partial charge on any atom is -0.298 e. The monoisotopic (exact) mass is 396 g/mol. The van der Waals surface area contributed by atoms with Gasteiger partial charge in [0.2, 0.25) is 12.6 Å². The first-order valence-corrected chi connectivity index (χ1v) is 10.5. The molecule has 0 aromatic carbocycles. The minimum absolute atomic E-state index is 0.0852. The Labute approximate surface area is 168 Å². The smallest absolute Gasteiger partial charge is 0.236 e. The van der Waals surface area contributed by atoms with Gasteiger partial charge in [-0.3, -0.25) is 9.59 Å². The lowest BCUT2D eigenvalue weighted by atomic mass is 9.43. The number of Topliss-reactive ketones (excluding diaryl/α,β-unsaturated/α-hetero) is 2. The molecule has 6 heteroatoms. The van der Waals surface area contributed by atoms with Crippen LogP contribution in [0.4, 0.5) is 0 Å². The zero-order chi connectivity index (χ0) is 21.2. The van der Waals surface area contributed by atoms with E-state index in [-0.39, 0.29) is 11.6 Å². The molecule has 0 radical (unpaired) electrons. The van der Waals surface area contributed by atoms with Crippen molar-refractivity contribution in [2.24, 2.45) is 27.1 Å². The van der Waals surface area contributed by atoms with Crippen LogP contribution in [0.3, 0.4) is 0 Å². The molecule has 2 saturated heterocycles. The average molecular weight is 397 g/mol. The maximum absolute atomic E-state index is 13.8. The van der Waals surface area contributed by atoms with Crippen molar-refractivity contribution in [3.63, 3.8) is 0 Å². The van der Waals surface area contributed by atoms with Crippen molar-refractivity contribution in [3.05, 3.63) is 0 Å². The molecule has 0 unspecified atom stereocenters. The Morgan fingerprint density at radius 2 is 0.964 bits per heavy atom. The lowest BCUT2D eigenvalue weighted by Crippen LogP contribution is -2.61. The van der Waals surface area contributed by atoms with Crippen LogP contribution in [-0.4, -0.2) is 24.1 Å². The van der Waals surface area contributed by atoms with E-state index in [1.165, 1.54) is 0 Å². The largest absolute Gasteiger partial charge is 0.298 e. The van der Waals surface area contributed by atoms with Gasteiger partial charge in [-0.05, 0) is 46.0 Å². The Morgan fingerprint density at radius 3 is 1.25 bits per heavy atom. The molecule has 0 N–H and O–H groups in total. The van der Waals surface area contributed by atoms with E-state index in [1.54, 1.807) is 0 Å². The summed E-state index contributed by atoms with van der Waals surface area (Å²) in [7, 11) is 0. The summed E-state index contributed by atoms with van der Waals surface area (Å²) in [5.41, 5.74) is -3.47. The molecule has 6 nitrogen and oxygen atoms in total. The molecule has 0 aromatic rings. The second kappa shape index (κ2) is 6.59. The fourth-order valence-electron chi connectivity index (χ4n) is 5.98. The molecule has 0 amide bonds. The van der Waals surface area contributed by atoms with E-state index in [0.29, 0.717) is 0 Å². The van der Waals surface area contributed by atoms with Gasteiger partial charge in [-0.25, -0.2) is 0 Å². The Bertz CT molecular complexity index is 596. The molecule has 0 aromatic heterocycles. The summed E-state index contributed by atoms with van der Waals surface area (Å²) in [4.78, 5) is 47.7. The van der Waals surface area contributed by atoms with Crippen molar-refractivity contribution in [1.82, 2.24) is 0 Å². The summed E-state index contributed by atoms with van der Waals surface area (Å²) in [6.07, 6.45) is 3.83. The second-order valence-corrected chi connectivity index (χ2v) is 11.0. The van der Waals surface area contributed by atoms with Crippen molar-refractivity contribution < 1.29 is 29.1 Å². The zero-order valence-electron chi connectivity index (χ0n) is 18.6. The SMILES string of the molecule is CC(C)(C(=O)C(C)(C)C1(C(C)(C)C(=O)C(C)(C)C2OO2)CCCCC1)C1OO1. The highest BCUT2D eigenvalue weighted by Gasteiger charge is 2.66. The van der Waals surface area contributed by atoms with Crippen molar-refractivity contribution in [2.75, 3.05) is 0 Å². The van der Waals surface area contributed by atoms with Crippen LogP contribution in [-0.2, 0) is 29.1 Å². The van der Waals surface area contributed by atoms with E-state index >= 15 is 0 Å². The fourth-order valence-corrected chi connectivity index (χ4v) is 5.98. The third-order valence-corrected chi connectivity index (χ3v) is 7.97. The molecule has 3 rings (SSSR count). The molecular formula is C22H36O6. The van der Waals surface area contributed by atoms with E-state index in [9.17, 15) is 9.59 Å². The summed E-state index contributed by atoms with van der Waals surface area (Å²) in [6, 6.07) is 0. The van der Waals surface area contributed by atoms with Gasteiger partial charge in [0.15, 0.2) is 0 Å². The minimum atomic E-state index is -0.773. The van der Waals surface area contributed by atoms with Crippen LogP contribution in [0.15, 0.2) is 0 Å². The van der Waals surface area contributed by atoms with Gasteiger partial charge in [0.25, 0.3) is 0 Å². The number of carbonyl (C=O) groups excluding carboxylic acids is 2. The van der Waals surface area contributed by atoms with Gasteiger partial charge in [0.05, 0.1) is 10.8 Å². The van der Waals surface area contributed by atoms with Gasteiger partial charge >= 0.3 is 0 Å². The number of carbonyl (C=O) groups is 2. The van der Waals surface area contributed by atoms with Crippen molar-refractivity contribution >= 4 is 11.6 Å². The second-order valence-electron chi connectivity index (χ2n) is 11.0. The molecule has 160 valence electrons. The van der Waals surface area contributed by atoms with Crippen LogP contribution >= 0.6 is 0 Å². The molecular weight excluding hydrogens is 360 g/mol. The third kappa shape index (κ3) is 3.08. The van der Waals surface area contributed by atoms with Crippen LogP contribution in [0.5, 0.6) is 0 Å². The van der Waals surface area contributed by atoms with Gasteiger partial charge < -0.3 is 0 Å². The highest BCUT2D eigenvalue weighted by Crippen LogP contribution is 2.64. The summed E-state index contributed by atoms with van der Waals surface area (Å²) in [5.74, 6) is 0.170. The zero-order valence-corrected chi connectivity index (χ0v) is 18.6. The number of hydrogen-bond acceptors (Lipinski definition) is 6. The van der Waals surface area contributed by atoms with E-state index in [0.717, 1.165) is 32.1 Å². The topological polar surface area (TPSA) is 84.3 Å². The Hall–Kier alpha value is -0.820. The van der Waals surface area contributed by atoms with E-state index in [2.05, 4.69) is 0 Å². The maximum atomic E-state index is 13.8. The predicted octanol–water partition coefficient (Wildman–Crippen LogP) is 4.76. The van der Waals surface area contributed by atoms with Gasteiger partial charge in [0, 0.05) is 10.8 Å². The maximum Gasteiger partial charge on any atom is 0.236 e. The van der Waals surface area contributed by atoms with E-state index in [1.807, 2.05) is 55.4 Å². The van der Waals surface area contributed by atoms with Gasteiger partial charge in [-0.15, -0.1) is 0 Å². The average Bonchev–Trinajstić information content (AvgIpc) is 3.50. The van der Waals surface area contributed by atoms with Crippen LogP contribution in [0.1, 0.15) is 87.5 Å². The van der Waals surface area contributed by atoms with Crippen LogP contribution < -0.4 is 0 Å². The Morgan fingerprint density at radius 1 is 0.643 bits per heavy atom. The van der Waals surface area contributed by atoms with Gasteiger partial charge in [-0.2, -0.15) is 19.6 Å². The lowest BCUT2D eigenvalue weighted by molar-refractivity contribution is -0.170. The van der Waals surface area contributed by atoms with Crippen molar-refractivity contribution in [3.8, 4) is 0 Å². The predicted molar refractivity (Wildman–Crippen MR) is 103 cm³/mol. The molecule has 2 aliphatic heterocycles. The third-order valence-electron chi connectivity index (χ3n) is 7.97. The highest BCUT2D eigenvalue weighted by molar-refractivity contribution is 5.94. The Balaban J connectivity index is 2.04. The number of hydrogen-bond donors (Lipinski definition) is 0. The van der Waals surface area contributed by atoms with Crippen molar-refractivity contribution in [2.45, 2.75) is 100 Å². The first-order chi connectivity index (χ1) is 12.7. The fraction of sp³-hybridized carbons (Fsp3) is 0.909. The lowest BCUT2D eigenvalue weighted by Gasteiger charge is -2.58. The quantitative estimate of drug-likeness (QED) is 0.434. The van der Waals surface area contributed by atoms with Gasteiger partial charge in [0.1, 0.15) is 11.6 Å². The summed E-state index contributed by atoms with van der Waals surface area (Å²) >= 11 is 0. The van der Waals surface area contributed by atoms with Crippen LogP contribution in [0, 0.1) is 27.1 Å². The van der Waals surface area contributed by atoms with Gasteiger partial charge in [-0.1, -0.05) is 47.0 Å². The molecule has 3 aliphatic rings. The van der Waals surface area contributed by atoms with Crippen molar-refractivity contribution in [1.29, 1.82) is 0 Å². The molecule has 0 bridgehead atoms. The standard InChI is InChI=1S/C22H36O6/c1-18(2,16-25-26-16)14(23)20(5,6)22(12-10-9-11-13-22)21(7,8)15(24)19(3,4)17-27-28-17/h16-17H,9-13H2,1-8H3. The first kappa shape index (κ1) is 21.9. The van der Waals surface area contributed by atoms with Crippen LogP contribution in [0.25, 0.3) is 0 Å². The number of ketones is 2. The molecule has 28 heavy (non-hydrogen) atoms. The molecule has 0 atom stereocenters. The summed E-state index contributed by atoms with van der Waals surface area (Å²) in [5, 5.41) is 0. The van der Waals surface area contributed by atoms with E-state index in [4.69, 9.17) is 19.6 Å². The number of rotatable bonds is 8. The van der Waals surface area contributed by atoms with Crippen LogP contribution in [0.2, 0.25) is 0 Å².